The molecule has 1 amide bonds. The highest BCUT2D eigenvalue weighted by molar-refractivity contribution is 5.92. The summed E-state index contributed by atoms with van der Waals surface area (Å²) in [6.07, 6.45) is -1.38. The number of aromatic nitrogens is 1. The zero-order valence-corrected chi connectivity index (χ0v) is 12.0. The van der Waals surface area contributed by atoms with Crippen molar-refractivity contribution < 1.29 is 18.0 Å². The lowest BCUT2D eigenvalue weighted by Gasteiger charge is -2.09. The topological polar surface area (TPSA) is 54.0 Å². The fourth-order valence-electron chi connectivity index (χ4n) is 1.77. The van der Waals surface area contributed by atoms with Crippen molar-refractivity contribution in [3.05, 3.63) is 66.5 Å². The van der Waals surface area contributed by atoms with Gasteiger partial charge in [-0.3, -0.25) is 4.79 Å². The molecule has 2 rings (SSSR count). The van der Waals surface area contributed by atoms with E-state index in [9.17, 15) is 18.0 Å². The maximum atomic E-state index is 12.5. The van der Waals surface area contributed by atoms with Crippen LogP contribution in [0.1, 0.15) is 16.1 Å². The Hall–Kier alpha value is -2.83. The fraction of sp³-hybridized carbons (Fsp3) is 0.125. The number of hydrogen-bond donors (Lipinski definition) is 2. The summed E-state index contributed by atoms with van der Waals surface area (Å²) < 4.78 is 37.4. The predicted molar refractivity (Wildman–Crippen MR) is 81.5 cm³/mol. The molecule has 0 aliphatic carbocycles. The lowest BCUT2D eigenvalue weighted by atomic mass is 10.2. The number of anilines is 2. The molecule has 0 saturated heterocycles. The molecule has 0 saturated carbocycles. The molecule has 0 radical (unpaired) electrons. The van der Waals surface area contributed by atoms with E-state index in [1.807, 2.05) is 0 Å². The molecule has 120 valence electrons. The van der Waals surface area contributed by atoms with Crippen molar-refractivity contribution in [2.45, 2.75) is 6.18 Å². The number of carbonyl (C=O) groups is 1. The molecular formula is C16H14F3N3O. The third-order valence-electron chi connectivity index (χ3n) is 2.90. The van der Waals surface area contributed by atoms with Crippen molar-refractivity contribution in [1.29, 1.82) is 0 Å². The summed E-state index contributed by atoms with van der Waals surface area (Å²) >= 11 is 0. The minimum atomic E-state index is -4.36. The van der Waals surface area contributed by atoms with Crippen LogP contribution in [0, 0.1) is 0 Å². The zero-order valence-electron chi connectivity index (χ0n) is 12.0. The molecule has 23 heavy (non-hydrogen) atoms. The Labute approximate surface area is 131 Å². The van der Waals surface area contributed by atoms with Crippen molar-refractivity contribution in [3.8, 4) is 0 Å². The fourth-order valence-corrected chi connectivity index (χ4v) is 1.77. The van der Waals surface area contributed by atoms with E-state index in [1.165, 1.54) is 24.4 Å². The lowest BCUT2D eigenvalue weighted by molar-refractivity contribution is -0.137. The summed E-state index contributed by atoms with van der Waals surface area (Å²) in [5, 5.41) is 5.51. The minimum absolute atomic E-state index is 0.241. The molecule has 0 aliphatic heterocycles. The van der Waals surface area contributed by atoms with Crippen LogP contribution in [-0.4, -0.2) is 17.4 Å². The SMILES string of the molecule is C=CCNC(=O)c1ccc(Nc2ccc(C(F)(F)F)cc2)cn1. The van der Waals surface area contributed by atoms with Gasteiger partial charge in [-0.15, -0.1) is 6.58 Å². The van der Waals surface area contributed by atoms with Crippen LogP contribution in [0.5, 0.6) is 0 Å². The van der Waals surface area contributed by atoms with E-state index in [4.69, 9.17) is 0 Å². The van der Waals surface area contributed by atoms with Gasteiger partial charge in [-0.1, -0.05) is 6.08 Å². The average molecular weight is 321 g/mol. The first kappa shape index (κ1) is 16.5. The lowest BCUT2D eigenvalue weighted by Crippen LogP contribution is -2.24. The number of hydrogen-bond acceptors (Lipinski definition) is 3. The monoisotopic (exact) mass is 321 g/mol. The molecule has 1 aromatic heterocycles. The van der Waals surface area contributed by atoms with Gasteiger partial charge in [0.15, 0.2) is 0 Å². The summed E-state index contributed by atoms with van der Waals surface area (Å²) in [5.74, 6) is -0.328. The summed E-state index contributed by atoms with van der Waals surface area (Å²) in [5.41, 5.74) is 0.578. The first-order chi connectivity index (χ1) is 10.9. The van der Waals surface area contributed by atoms with E-state index in [-0.39, 0.29) is 11.6 Å². The van der Waals surface area contributed by atoms with Crippen molar-refractivity contribution in [2.24, 2.45) is 0 Å². The first-order valence-corrected chi connectivity index (χ1v) is 6.69. The van der Waals surface area contributed by atoms with Gasteiger partial charge in [-0.2, -0.15) is 13.2 Å². The Morgan fingerprint density at radius 2 is 1.78 bits per heavy atom. The molecule has 0 atom stereocenters. The van der Waals surface area contributed by atoms with Gasteiger partial charge in [0.1, 0.15) is 5.69 Å². The number of amides is 1. The zero-order chi connectivity index (χ0) is 16.9. The summed E-state index contributed by atoms with van der Waals surface area (Å²) in [4.78, 5) is 15.7. The Bertz CT molecular complexity index is 679. The third kappa shape index (κ3) is 4.57. The number of carbonyl (C=O) groups excluding carboxylic acids is 1. The van der Waals surface area contributed by atoms with Crippen LogP contribution in [0.15, 0.2) is 55.3 Å². The van der Waals surface area contributed by atoms with Gasteiger partial charge in [0.25, 0.3) is 5.91 Å². The smallest absolute Gasteiger partial charge is 0.354 e. The molecule has 1 heterocycles. The van der Waals surface area contributed by atoms with Crippen molar-refractivity contribution in [1.82, 2.24) is 10.3 Å². The van der Waals surface area contributed by atoms with E-state index < -0.39 is 11.7 Å². The minimum Gasteiger partial charge on any atom is -0.354 e. The van der Waals surface area contributed by atoms with Crippen LogP contribution in [0.2, 0.25) is 0 Å². The number of nitrogens with zero attached hydrogens (tertiary/aromatic N) is 1. The second kappa shape index (κ2) is 6.95. The molecule has 0 spiro atoms. The van der Waals surface area contributed by atoms with Crippen molar-refractivity contribution >= 4 is 17.3 Å². The summed E-state index contributed by atoms with van der Waals surface area (Å²) in [6, 6.07) is 7.78. The van der Waals surface area contributed by atoms with Gasteiger partial charge in [-0.25, -0.2) is 4.98 Å². The average Bonchev–Trinajstić information content (AvgIpc) is 2.53. The molecule has 7 heteroatoms. The third-order valence-corrected chi connectivity index (χ3v) is 2.90. The maximum absolute atomic E-state index is 12.5. The summed E-state index contributed by atoms with van der Waals surface area (Å²) in [6.45, 7) is 3.83. The molecule has 0 bridgehead atoms. The van der Waals surface area contributed by atoms with Gasteiger partial charge < -0.3 is 10.6 Å². The second-order valence-corrected chi connectivity index (χ2v) is 4.63. The standard InChI is InChI=1S/C16H14F3N3O/c1-2-9-20-15(23)14-8-7-13(10-21-14)22-12-5-3-11(4-6-12)16(17,18)19/h2-8,10,22H,1,9H2,(H,20,23). The van der Waals surface area contributed by atoms with Crippen molar-refractivity contribution in [3.63, 3.8) is 0 Å². The Morgan fingerprint density at radius 3 is 2.30 bits per heavy atom. The molecule has 1 aromatic carbocycles. The quantitative estimate of drug-likeness (QED) is 0.825. The molecule has 0 aliphatic rings. The number of nitrogens with one attached hydrogen (secondary N) is 2. The van der Waals surface area contributed by atoms with E-state index >= 15 is 0 Å². The van der Waals surface area contributed by atoms with E-state index in [0.29, 0.717) is 17.9 Å². The van der Waals surface area contributed by atoms with Gasteiger partial charge in [0, 0.05) is 12.2 Å². The first-order valence-electron chi connectivity index (χ1n) is 6.69. The second-order valence-electron chi connectivity index (χ2n) is 4.63. The molecule has 0 fully saturated rings. The number of pyridine rings is 1. The van der Waals surface area contributed by atoms with Crippen LogP contribution < -0.4 is 10.6 Å². The highest BCUT2D eigenvalue weighted by Gasteiger charge is 2.29. The van der Waals surface area contributed by atoms with Gasteiger partial charge in [0.2, 0.25) is 0 Å². The largest absolute Gasteiger partial charge is 0.416 e. The Kier molecular flexibility index (Phi) is 5.00. The highest BCUT2D eigenvalue weighted by atomic mass is 19.4. The molecular weight excluding hydrogens is 307 g/mol. The van der Waals surface area contributed by atoms with E-state index in [2.05, 4.69) is 22.2 Å². The van der Waals surface area contributed by atoms with Gasteiger partial charge in [-0.05, 0) is 36.4 Å². The van der Waals surface area contributed by atoms with Crippen LogP contribution in [-0.2, 0) is 6.18 Å². The van der Waals surface area contributed by atoms with Crippen LogP contribution >= 0.6 is 0 Å². The van der Waals surface area contributed by atoms with E-state index in [0.717, 1.165) is 12.1 Å². The molecule has 4 nitrogen and oxygen atoms in total. The van der Waals surface area contributed by atoms with Crippen LogP contribution in [0.4, 0.5) is 24.5 Å². The molecule has 2 N–H and O–H groups in total. The molecule has 2 aromatic rings. The van der Waals surface area contributed by atoms with Gasteiger partial charge >= 0.3 is 6.18 Å². The molecule has 0 unspecified atom stereocenters. The maximum Gasteiger partial charge on any atom is 0.416 e. The number of benzene rings is 1. The number of rotatable bonds is 5. The normalized spacial score (nSPS) is 10.9. The van der Waals surface area contributed by atoms with Crippen molar-refractivity contribution in [2.75, 3.05) is 11.9 Å². The summed E-state index contributed by atoms with van der Waals surface area (Å²) in [7, 11) is 0. The number of halogens is 3. The van der Waals surface area contributed by atoms with E-state index in [1.54, 1.807) is 12.1 Å². The predicted octanol–water partition coefficient (Wildman–Crippen LogP) is 3.76. The van der Waals surface area contributed by atoms with Gasteiger partial charge in [0.05, 0.1) is 17.4 Å². The van der Waals surface area contributed by atoms with Crippen LogP contribution in [0.25, 0.3) is 0 Å². The Balaban J connectivity index is 2.03. The Morgan fingerprint density at radius 1 is 1.13 bits per heavy atom. The van der Waals surface area contributed by atoms with Crippen LogP contribution in [0.3, 0.4) is 0 Å². The number of alkyl halides is 3. The highest BCUT2D eigenvalue weighted by Crippen LogP contribution is 2.30.